The van der Waals surface area contributed by atoms with Crippen LogP contribution in [0, 0.1) is 0 Å². The van der Waals surface area contributed by atoms with Crippen molar-refractivity contribution in [1.29, 1.82) is 0 Å². The van der Waals surface area contributed by atoms with Crippen LogP contribution in [0.15, 0.2) is 207 Å². The van der Waals surface area contributed by atoms with Gasteiger partial charge in [0.2, 0.25) is 0 Å². The monoisotopic (exact) mass is 794 g/mol. The fourth-order valence-corrected chi connectivity index (χ4v) is 9.19. The maximum atomic E-state index is 7.17. The lowest BCUT2D eigenvalue weighted by Gasteiger charge is -2.39. The van der Waals surface area contributed by atoms with Crippen molar-refractivity contribution < 1.29 is 4.74 Å². The predicted molar refractivity (Wildman–Crippen MR) is 243 cm³/mol. The van der Waals surface area contributed by atoms with Gasteiger partial charge in [-0.25, -0.2) is 19.9 Å². The Morgan fingerprint density at radius 1 is 0.323 bits per heavy atom. The Hall–Kier alpha value is -8.42. The summed E-state index contributed by atoms with van der Waals surface area (Å²) in [6, 6.07) is 62.9. The highest BCUT2D eigenvalue weighted by Gasteiger charge is 2.51. The minimum absolute atomic E-state index is 0.563. The van der Waals surface area contributed by atoms with Crippen LogP contribution < -0.4 is 4.74 Å². The van der Waals surface area contributed by atoms with Crippen LogP contribution in [0.5, 0.6) is 11.5 Å². The molecule has 1 aliphatic heterocycles. The molecular formula is C55H34N6O. The van der Waals surface area contributed by atoms with Crippen LogP contribution in [0.3, 0.4) is 0 Å². The molecule has 0 radical (unpaired) electrons. The van der Waals surface area contributed by atoms with Gasteiger partial charge < -0.3 is 4.74 Å². The zero-order valence-corrected chi connectivity index (χ0v) is 33.2. The smallest absolute Gasteiger partial charge is 0.164 e. The Bertz CT molecular complexity index is 2980. The highest BCUT2D eigenvalue weighted by atomic mass is 16.5. The molecule has 1 spiro atoms. The van der Waals surface area contributed by atoms with Crippen LogP contribution in [-0.2, 0) is 5.41 Å². The van der Waals surface area contributed by atoms with E-state index in [0.29, 0.717) is 17.5 Å². The molecule has 0 N–H and O–H groups in total. The Labute approximate surface area is 358 Å². The van der Waals surface area contributed by atoms with Gasteiger partial charge in [-0.3, -0.25) is 9.97 Å². The van der Waals surface area contributed by atoms with Gasteiger partial charge in [0.1, 0.15) is 11.5 Å². The van der Waals surface area contributed by atoms with Gasteiger partial charge in [-0.1, -0.05) is 133 Å². The summed E-state index contributed by atoms with van der Waals surface area (Å²) in [4.78, 5) is 29.0. The zero-order valence-electron chi connectivity index (χ0n) is 33.2. The van der Waals surface area contributed by atoms with Crippen LogP contribution in [0.25, 0.3) is 78.9 Å². The molecule has 2 aliphatic rings. The number of fused-ring (bicyclic) bond motifs is 9. The molecule has 7 nitrogen and oxygen atoms in total. The van der Waals surface area contributed by atoms with E-state index in [1.807, 2.05) is 97.3 Å². The maximum Gasteiger partial charge on any atom is 0.164 e. The van der Waals surface area contributed by atoms with Gasteiger partial charge in [-0.05, 0) is 81.9 Å². The molecule has 12 rings (SSSR count). The van der Waals surface area contributed by atoms with Crippen molar-refractivity contribution in [2.24, 2.45) is 0 Å². The molecule has 4 aromatic heterocycles. The molecule has 0 bridgehead atoms. The molecule has 0 amide bonds. The molecule has 0 fully saturated rings. The van der Waals surface area contributed by atoms with E-state index in [9.17, 15) is 0 Å². The topological polar surface area (TPSA) is 86.6 Å². The summed E-state index contributed by atoms with van der Waals surface area (Å²) in [6.45, 7) is 0. The number of hydrogen-bond acceptors (Lipinski definition) is 7. The van der Waals surface area contributed by atoms with Crippen molar-refractivity contribution in [2.75, 3.05) is 0 Å². The second kappa shape index (κ2) is 14.4. The summed E-state index contributed by atoms with van der Waals surface area (Å²) in [5.41, 5.74) is 14.5. The summed E-state index contributed by atoms with van der Waals surface area (Å²) >= 11 is 0. The second-order valence-electron chi connectivity index (χ2n) is 15.5. The quantitative estimate of drug-likeness (QED) is 0.166. The Balaban J connectivity index is 1.07. The van der Waals surface area contributed by atoms with Gasteiger partial charge in [-0.2, -0.15) is 0 Å². The lowest BCUT2D eigenvalue weighted by molar-refractivity contribution is 0.437. The second-order valence-corrected chi connectivity index (χ2v) is 15.5. The molecule has 290 valence electrons. The Kier molecular flexibility index (Phi) is 8.25. The van der Waals surface area contributed by atoms with Crippen LogP contribution in [0.2, 0.25) is 0 Å². The third-order valence-corrected chi connectivity index (χ3v) is 12.0. The van der Waals surface area contributed by atoms with Gasteiger partial charge in [0.15, 0.2) is 17.5 Å². The number of nitrogens with zero attached hydrogens (tertiary/aromatic N) is 6. The van der Waals surface area contributed by atoms with Crippen molar-refractivity contribution in [1.82, 2.24) is 29.9 Å². The molecule has 0 unspecified atom stereocenters. The van der Waals surface area contributed by atoms with E-state index >= 15 is 0 Å². The summed E-state index contributed by atoms with van der Waals surface area (Å²) in [5.74, 6) is 3.28. The number of benzene rings is 6. The molecule has 1 aliphatic carbocycles. The SMILES string of the molecule is c1ccc(-c2nc(-c3ccccc3)nc(-c3ccc4c(c3)Oc3cc(-c5cc(-c6cccnc6)nc(-c6cccnc6)c5)ccc3C43c4ccccc4-c4ccccc43)n2)cc1. The van der Waals surface area contributed by atoms with Gasteiger partial charge in [0.05, 0.1) is 16.8 Å². The fraction of sp³-hybridized carbons (Fsp3) is 0.0182. The van der Waals surface area contributed by atoms with E-state index < -0.39 is 5.41 Å². The lowest BCUT2D eigenvalue weighted by atomic mass is 9.66. The normalized spacial score (nSPS) is 12.8. The van der Waals surface area contributed by atoms with Gasteiger partial charge >= 0.3 is 0 Å². The van der Waals surface area contributed by atoms with Crippen molar-refractivity contribution in [3.63, 3.8) is 0 Å². The average Bonchev–Trinajstić information content (AvgIpc) is 3.65. The Morgan fingerprint density at radius 3 is 1.29 bits per heavy atom. The fourth-order valence-electron chi connectivity index (χ4n) is 9.19. The average molecular weight is 795 g/mol. The van der Waals surface area contributed by atoms with Crippen molar-refractivity contribution in [2.45, 2.75) is 5.41 Å². The van der Waals surface area contributed by atoms with E-state index in [-0.39, 0.29) is 0 Å². The molecule has 10 aromatic rings. The molecular weight excluding hydrogens is 761 g/mol. The third-order valence-electron chi connectivity index (χ3n) is 12.0. The number of rotatable bonds is 6. The van der Waals surface area contributed by atoms with Crippen LogP contribution in [-0.4, -0.2) is 29.9 Å². The maximum absolute atomic E-state index is 7.17. The Morgan fingerprint density at radius 2 is 0.774 bits per heavy atom. The molecule has 0 atom stereocenters. The van der Waals surface area contributed by atoms with E-state index in [1.54, 1.807) is 12.4 Å². The molecule has 7 heteroatoms. The van der Waals surface area contributed by atoms with Crippen LogP contribution in [0.1, 0.15) is 22.3 Å². The zero-order chi connectivity index (χ0) is 41.0. The molecule has 5 heterocycles. The highest BCUT2D eigenvalue weighted by Crippen LogP contribution is 2.62. The van der Waals surface area contributed by atoms with Crippen LogP contribution in [0.4, 0.5) is 0 Å². The largest absolute Gasteiger partial charge is 0.457 e. The van der Waals surface area contributed by atoms with E-state index in [4.69, 9.17) is 24.7 Å². The molecule has 62 heavy (non-hydrogen) atoms. The first-order valence-electron chi connectivity index (χ1n) is 20.6. The molecule has 0 saturated carbocycles. The molecule has 0 saturated heterocycles. The van der Waals surface area contributed by atoms with E-state index in [0.717, 1.165) is 73.0 Å². The summed E-state index contributed by atoms with van der Waals surface area (Å²) in [6.07, 6.45) is 7.25. The predicted octanol–water partition coefficient (Wildman–Crippen LogP) is 12.5. The van der Waals surface area contributed by atoms with E-state index in [1.165, 1.54) is 22.3 Å². The highest BCUT2D eigenvalue weighted by molar-refractivity contribution is 5.90. The third kappa shape index (κ3) is 5.74. The van der Waals surface area contributed by atoms with Gasteiger partial charge in [0, 0.05) is 63.7 Å². The van der Waals surface area contributed by atoms with Crippen LogP contribution >= 0.6 is 0 Å². The van der Waals surface area contributed by atoms with Crippen molar-refractivity contribution in [3.05, 3.63) is 229 Å². The van der Waals surface area contributed by atoms with Gasteiger partial charge in [0.25, 0.3) is 0 Å². The number of ether oxygens (including phenoxy) is 1. The summed E-state index contributed by atoms with van der Waals surface area (Å²) in [5, 5.41) is 0. The molecule has 6 aromatic carbocycles. The minimum Gasteiger partial charge on any atom is -0.457 e. The first-order chi connectivity index (χ1) is 30.7. The summed E-state index contributed by atoms with van der Waals surface area (Å²) in [7, 11) is 0. The van der Waals surface area contributed by atoms with Gasteiger partial charge in [-0.15, -0.1) is 0 Å². The van der Waals surface area contributed by atoms with E-state index in [2.05, 4.69) is 107 Å². The number of pyridine rings is 3. The first kappa shape index (κ1) is 35.5. The number of aromatic nitrogens is 6. The first-order valence-corrected chi connectivity index (χ1v) is 20.6. The summed E-state index contributed by atoms with van der Waals surface area (Å²) < 4.78 is 7.17. The number of hydrogen-bond donors (Lipinski definition) is 0. The standard InChI is InChI=1S/C55H34N6O/c1-3-13-35(14-4-1)52-59-53(36-15-5-2-6-16-36)61-54(60-52)38-24-26-47-51(32-38)62-50-31-37(23-25-46(50)55(47)44-21-9-7-19-42(44)43-20-8-10-22-45(43)55)41-29-48(39-17-11-27-56-33-39)58-49(30-41)40-18-12-28-57-34-40/h1-34H. The van der Waals surface area contributed by atoms with Crippen molar-refractivity contribution >= 4 is 0 Å². The van der Waals surface area contributed by atoms with Crippen molar-refractivity contribution in [3.8, 4) is 90.4 Å². The lowest BCUT2D eigenvalue weighted by Crippen LogP contribution is -2.32. The minimum atomic E-state index is -0.656.